The summed E-state index contributed by atoms with van der Waals surface area (Å²) in [4.78, 5) is 7.95. The summed E-state index contributed by atoms with van der Waals surface area (Å²) in [6.45, 7) is -0.375. The number of anilines is 1. The molecule has 0 aliphatic carbocycles. The van der Waals surface area contributed by atoms with Gasteiger partial charge in [0.25, 0.3) is 0 Å². The van der Waals surface area contributed by atoms with Crippen molar-refractivity contribution in [1.82, 2.24) is 14.5 Å². The van der Waals surface area contributed by atoms with Gasteiger partial charge in [0.2, 0.25) is 0 Å². The number of ether oxygens (including phenoxy) is 1. The van der Waals surface area contributed by atoms with Crippen molar-refractivity contribution < 1.29 is 20.1 Å². The van der Waals surface area contributed by atoms with Crippen molar-refractivity contribution >= 4 is 16.9 Å². The van der Waals surface area contributed by atoms with E-state index in [-0.39, 0.29) is 12.4 Å². The standard InChI is InChI=1S/C11H14N4O4/c12-10-7-5(13-4-14-10)1-2-15(7)11-9(18)8(17)6(3-16)19-11/h1-2,4,6,8-9,11,16-18H,3H2,(H2,12,13,14)/t6-,8-,9-,11-/m1/s1. The zero-order valence-corrected chi connectivity index (χ0v) is 9.92. The molecule has 0 spiro atoms. The van der Waals surface area contributed by atoms with E-state index in [1.54, 1.807) is 16.8 Å². The van der Waals surface area contributed by atoms with Crippen LogP contribution in [0.2, 0.25) is 0 Å². The molecule has 0 aromatic carbocycles. The van der Waals surface area contributed by atoms with Crippen LogP contribution in [-0.2, 0) is 4.74 Å². The maximum absolute atomic E-state index is 9.99. The van der Waals surface area contributed by atoms with Gasteiger partial charge in [0.15, 0.2) is 12.0 Å². The molecule has 0 saturated carbocycles. The molecular formula is C11H14N4O4. The highest BCUT2D eigenvalue weighted by Crippen LogP contribution is 2.33. The molecule has 5 N–H and O–H groups in total. The molecule has 3 rings (SSSR count). The Morgan fingerprint density at radius 2 is 2.11 bits per heavy atom. The normalized spacial score (nSPS) is 31.1. The van der Waals surface area contributed by atoms with Crippen molar-refractivity contribution in [2.24, 2.45) is 0 Å². The lowest BCUT2D eigenvalue weighted by molar-refractivity contribution is -0.0506. The Morgan fingerprint density at radius 3 is 2.79 bits per heavy atom. The van der Waals surface area contributed by atoms with E-state index >= 15 is 0 Å². The molecule has 1 fully saturated rings. The first-order valence-corrected chi connectivity index (χ1v) is 5.83. The topological polar surface area (TPSA) is 127 Å². The first kappa shape index (κ1) is 12.3. The number of rotatable bonds is 2. The van der Waals surface area contributed by atoms with Crippen molar-refractivity contribution in [3.63, 3.8) is 0 Å². The number of nitrogen functional groups attached to an aromatic ring is 1. The quantitative estimate of drug-likeness (QED) is 0.528. The summed E-state index contributed by atoms with van der Waals surface area (Å²) >= 11 is 0. The van der Waals surface area contributed by atoms with Crippen molar-refractivity contribution in [1.29, 1.82) is 0 Å². The molecule has 2 aromatic heterocycles. The van der Waals surface area contributed by atoms with Crippen LogP contribution in [0.4, 0.5) is 5.82 Å². The highest BCUT2D eigenvalue weighted by atomic mass is 16.6. The van der Waals surface area contributed by atoms with Gasteiger partial charge in [-0.05, 0) is 6.07 Å². The fourth-order valence-corrected chi connectivity index (χ4v) is 2.34. The van der Waals surface area contributed by atoms with Gasteiger partial charge in [-0.3, -0.25) is 0 Å². The van der Waals surface area contributed by atoms with Gasteiger partial charge in [-0.15, -0.1) is 0 Å². The molecule has 8 nitrogen and oxygen atoms in total. The minimum atomic E-state index is -1.16. The van der Waals surface area contributed by atoms with E-state index in [1.165, 1.54) is 6.33 Å². The van der Waals surface area contributed by atoms with Crippen molar-refractivity contribution in [3.8, 4) is 0 Å². The molecular weight excluding hydrogens is 252 g/mol. The van der Waals surface area contributed by atoms with Crippen LogP contribution in [0.15, 0.2) is 18.6 Å². The summed E-state index contributed by atoms with van der Waals surface area (Å²) in [5.41, 5.74) is 6.94. The predicted octanol–water partition coefficient (Wildman–Crippen LogP) is -1.38. The lowest BCUT2D eigenvalue weighted by Gasteiger charge is -2.18. The zero-order valence-electron chi connectivity index (χ0n) is 9.92. The molecule has 3 heterocycles. The van der Waals surface area contributed by atoms with Gasteiger partial charge in [0, 0.05) is 6.20 Å². The number of hydrogen-bond acceptors (Lipinski definition) is 7. The number of hydrogen-bond donors (Lipinski definition) is 4. The highest BCUT2D eigenvalue weighted by Gasteiger charge is 2.43. The summed E-state index contributed by atoms with van der Waals surface area (Å²) in [5, 5.41) is 28.8. The van der Waals surface area contributed by atoms with E-state index in [0.29, 0.717) is 11.0 Å². The maximum Gasteiger partial charge on any atom is 0.163 e. The summed E-state index contributed by atoms with van der Waals surface area (Å²) in [5.74, 6) is 0.257. The Hall–Kier alpha value is -1.74. The van der Waals surface area contributed by atoms with Crippen LogP contribution < -0.4 is 5.73 Å². The fraction of sp³-hybridized carbons (Fsp3) is 0.455. The largest absolute Gasteiger partial charge is 0.394 e. The second-order valence-electron chi connectivity index (χ2n) is 4.44. The van der Waals surface area contributed by atoms with Gasteiger partial charge in [-0.25, -0.2) is 9.97 Å². The molecule has 8 heteroatoms. The lowest BCUT2D eigenvalue weighted by Crippen LogP contribution is -2.33. The average Bonchev–Trinajstić information content (AvgIpc) is 2.94. The van der Waals surface area contributed by atoms with E-state index in [0.717, 1.165) is 0 Å². The molecule has 19 heavy (non-hydrogen) atoms. The molecule has 2 aromatic rings. The number of aliphatic hydroxyl groups excluding tert-OH is 3. The van der Waals surface area contributed by atoms with Gasteiger partial charge in [-0.1, -0.05) is 0 Å². The Bertz CT molecular complexity index is 601. The van der Waals surface area contributed by atoms with Gasteiger partial charge in [0.05, 0.1) is 12.1 Å². The highest BCUT2D eigenvalue weighted by molar-refractivity contribution is 5.85. The number of fused-ring (bicyclic) bond motifs is 1. The fourth-order valence-electron chi connectivity index (χ4n) is 2.34. The predicted molar refractivity (Wildman–Crippen MR) is 64.9 cm³/mol. The van der Waals surface area contributed by atoms with Crippen molar-refractivity contribution in [2.75, 3.05) is 12.3 Å². The molecule has 102 valence electrons. The van der Waals surface area contributed by atoms with Crippen LogP contribution in [0, 0.1) is 0 Å². The first-order valence-electron chi connectivity index (χ1n) is 5.83. The number of nitrogens with zero attached hydrogens (tertiary/aromatic N) is 3. The second kappa shape index (κ2) is 4.42. The summed E-state index contributed by atoms with van der Waals surface area (Å²) in [6, 6.07) is 1.71. The molecule has 0 unspecified atom stereocenters. The molecule has 0 bridgehead atoms. The van der Waals surface area contributed by atoms with Crippen LogP contribution in [0.3, 0.4) is 0 Å². The van der Waals surface area contributed by atoms with E-state index in [1.807, 2.05) is 0 Å². The number of nitrogens with two attached hydrogens (primary N) is 1. The van der Waals surface area contributed by atoms with E-state index in [4.69, 9.17) is 15.6 Å². The monoisotopic (exact) mass is 266 g/mol. The van der Waals surface area contributed by atoms with E-state index < -0.39 is 24.5 Å². The van der Waals surface area contributed by atoms with Crippen LogP contribution >= 0.6 is 0 Å². The van der Waals surface area contributed by atoms with Crippen LogP contribution in [0.1, 0.15) is 6.23 Å². The van der Waals surface area contributed by atoms with Gasteiger partial charge in [0.1, 0.15) is 30.2 Å². The average molecular weight is 266 g/mol. The van der Waals surface area contributed by atoms with Gasteiger partial charge in [-0.2, -0.15) is 0 Å². The molecule has 0 radical (unpaired) electrons. The minimum absolute atomic E-state index is 0.257. The SMILES string of the molecule is Nc1ncnc2ccn([C@@H]3O[C@H](CO)[C@@H](O)[C@H]3O)c12. The van der Waals surface area contributed by atoms with E-state index in [9.17, 15) is 10.2 Å². The smallest absolute Gasteiger partial charge is 0.163 e. The lowest BCUT2D eigenvalue weighted by atomic mass is 10.1. The third-order valence-corrected chi connectivity index (χ3v) is 3.32. The Morgan fingerprint density at radius 1 is 1.32 bits per heavy atom. The van der Waals surface area contributed by atoms with Crippen molar-refractivity contribution in [2.45, 2.75) is 24.5 Å². The van der Waals surface area contributed by atoms with Crippen LogP contribution in [0.25, 0.3) is 11.0 Å². The Labute approximate surface area is 108 Å². The van der Waals surface area contributed by atoms with Crippen LogP contribution in [-0.4, -0.2) is 54.8 Å². The first-order chi connectivity index (χ1) is 9.13. The number of aliphatic hydroxyl groups is 3. The summed E-state index contributed by atoms with van der Waals surface area (Å²) in [7, 11) is 0. The van der Waals surface area contributed by atoms with Gasteiger partial charge >= 0.3 is 0 Å². The maximum atomic E-state index is 9.99. The van der Waals surface area contributed by atoms with E-state index in [2.05, 4.69) is 9.97 Å². The Kier molecular flexibility index (Phi) is 2.86. The molecule has 1 aliphatic heterocycles. The third kappa shape index (κ3) is 1.77. The minimum Gasteiger partial charge on any atom is -0.394 e. The molecule has 4 atom stereocenters. The summed E-state index contributed by atoms with van der Waals surface area (Å²) < 4.78 is 7.01. The van der Waals surface area contributed by atoms with Crippen molar-refractivity contribution in [3.05, 3.63) is 18.6 Å². The second-order valence-corrected chi connectivity index (χ2v) is 4.44. The molecule has 0 amide bonds. The molecule has 1 aliphatic rings. The number of aromatic nitrogens is 3. The summed E-state index contributed by atoms with van der Waals surface area (Å²) in [6.07, 6.45) is -0.984. The Balaban J connectivity index is 2.06. The van der Waals surface area contributed by atoms with Gasteiger partial charge < -0.3 is 30.4 Å². The zero-order chi connectivity index (χ0) is 13.6. The molecule has 1 saturated heterocycles. The van der Waals surface area contributed by atoms with Crippen LogP contribution in [0.5, 0.6) is 0 Å². The third-order valence-electron chi connectivity index (χ3n) is 3.32.